The number of ether oxygens (including phenoxy) is 1. The number of piperidine rings is 1. The van der Waals surface area contributed by atoms with E-state index in [1.54, 1.807) is 7.11 Å². The van der Waals surface area contributed by atoms with Gasteiger partial charge in [0.2, 0.25) is 0 Å². The topological polar surface area (TPSA) is 71.1 Å². The van der Waals surface area contributed by atoms with Gasteiger partial charge in [0.05, 0.1) is 12.0 Å². The molecule has 0 spiro atoms. The van der Waals surface area contributed by atoms with Gasteiger partial charge in [0.25, 0.3) is 0 Å². The smallest absolute Gasteiger partial charge is 0.147 e. The molecule has 2 rings (SSSR count). The van der Waals surface area contributed by atoms with Crippen molar-refractivity contribution in [2.75, 3.05) is 26.7 Å². The van der Waals surface area contributed by atoms with E-state index < -0.39 is 0 Å². The van der Waals surface area contributed by atoms with Gasteiger partial charge in [-0.25, -0.2) is 0 Å². The van der Waals surface area contributed by atoms with Crippen molar-refractivity contribution < 1.29 is 9.94 Å². The second-order valence-electron chi connectivity index (χ2n) is 5.79. The van der Waals surface area contributed by atoms with Crippen molar-refractivity contribution >= 4 is 5.84 Å². The molecule has 3 N–H and O–H groups in total. The van der Waals surface area contributed by atoms with Crippen molar-refractivity contribution in [2.45, 2.75) is 25.4 Å². The van der Waals surface area contributed by atoms with Crippen LogP contribution < -0.4 is 5.73 Å². The molecule has 1 aliphatic heterocycles. The molecule has 1 saturated heterocycles. The highest BCUT2D eigenvalue weighted by atomic mass is 16.5. The van der Waals surface area contributed by atoms with Crippen LogP contribution >= 0.6 is 0 Å². The van der Waals surface area contributed by atoms with Crippen molar-refractivity contribution in [3.8, 4) is 0 Å². The molecule has 0 bridgehead atoms. The third-order valence-electron chi connectivity index (χ3n) is 4.39. The molecule has 1 aromatic rings. The van der Waals surface area contributed by atoms with Crippen LogP contribution in [-0.4, -0.2) is 48.8 Å². The third-order valence-corrected chi connectivity index (χ3v) is 4.39. The van der Waals surface area contributed by atoms with Gasteiger partial charge in [0.15, 0.2) is 0 Å². The summed E-state index contributed by atoms with van der Waals surface area (Å²) in [6, 6.07) is 9.95. The van der Waals surface area contributed by atoms with Gasteiger partial charge < -0.3 is 15.7 Å². The Balaban J connectivity index is 2.09. The summed E-state index contributed by atoms with van der Waals surface area (Å²) in [6.45, 7) is 4.87. The van der Waals surface area contributed by atoms with E-state index in [2.05, 4.69) is 17.0 Å². The highest BCUT2D eigenvalue weighted by Gasteiger charge is 2.29. The van der Waals surface area contributed by atoms with Gasteiger partial charge in [-0.2, -0.15) is 0 Å². The van der Waals surface area contributed by atoms with E-state index >= 15 is 0 Å². The molecular formula is C16H25N3O2. The summed E-state index contributed by atoms with van der Waals surface area (Å²) in [5.41, 5.74) is 6.97. The van der Waals surface area contributed by atoms with Crippen LogP contribution in [0.25, 0.3) is 0 Å². The van der Waals surface area contributed by atoms with E-state index in [4.69, 9.17) is 15.7 Å². The Bertz CT molecular complexity index is 464. The minimum Gasteiger partial charge on any atom is -0.409 e. The van der Waals surface area contributed by atoms with E-state index in [0.717, 1.165) is 31.6 Å². The molecule has 116 valence electrons. The van der Waals surface area contributed by atoms with Crippen LogP contribution in [0.1, 0.15) is 24.8 Å². The number of nitrogens with zero attached hydrogens (tertiary/aromatic N) is 2. The Labute approximate surface area is 126 Å². The molecule has 1 fully saturated rings. The molecule has 1 aromatic carbocycles. The molecule has 5 nitrogen and oxygen atoms in total. The minimum absolute atomic E-state index is 0.0953. The van der Waals surface area contributed by atoms with Crippen LogP contribution in [0.4, 0.5) is 0 Å². The highest BCUT2D eigenvalue weighted by molar-refractivity contribution is 5.87. The van der Waals surface area contributed by atoms with E-state index in [1.165, 1.54) is 0 Å². The quantitative estimate of drug-likeness (QED) is 0.376. The van der Waals surface area contributed by atoms with E-state index in [-0.39, 0.29) is 17.9 Å². The van der Waals surface area contributed by atoms with Crippen LogP contribution in [-0.2, 0) is 4.74 Å². The average molecular weight is 291 g/mol. The largest absolute Gasteiger partial charge is 0.409 e. The summed E-state index contributed by atoms with van der Waals surface area (Å²) in [5.74, 6) is 0.737. The summed E-state index contributed by atoms with van der Waals surface area (Å²) in [4.78, 5) is 2.34. The molecule has 0 radical (unpaired) electrons. The van der Waals surface area contributed by atoms with Crippen molar-refractivity contribution in [1.82, 2.24) is 4.90 Å². The number of rotatable bonds is 5. The molecular weight excluding hydrogens is 266 g/mol. The first-order chi connectivity index (χ1) is 10.2. The van der Waals surface area contributed by atoms with Gasteiger partial charge in [-0.3, -0.25) is 4.90 Å². The molecule has 1 heterocycles. The fraction of sp³-hybridized carbons (Fsp3) is 0.562. The number of oxime groups is 1. The second-order valence-corrected chi connectivity index (χ2v) is 5.79. The summed E-state index contributed by atoms with van der Waals surface area (Å²) in [7, 11) is 1.77. The predicted octanol–water partition coefficient (Wildman–Crippen LogP) is 1.87. The Hall–Kier alpha value is -1.59. The molecule has 3 unspecified atom stereocenters. The van der Waals surface area contributed by atoms with Gasteiger partial charge in [-0.05, 0) is 24.4 Å². The molecule has 3 atom stereocenters. The fourth-order valence-electron chi connectivity index (χ4n) is 2.95. The third kappa shape index (κ3) is 3.95. The first-order valence-electron chi connectivity index (χ1n) is 7.43. The average Bonchev–Trinajstić information content (AvgIpc) is 2.54. The maximum absolute atomic E-state index is 9.06. The van der Waals surface area contributed by atoms with E-state index in [9.17, 15) is 0 Å². The molecule has 0 aliphatic carbocycles. The first kappa shape index (κ1) is 15.8. The van der Waals surface area contributed by atoms with E-state index in [0.29, 0.717) is 5.92 Å². The van der Waals surface area contributed by atoms with Gasteiger partial charge in [-0.1, -0.05) is 42.4 Å². The Morgan fingerprint density at radius 3 is 2.81 bits per heavy atom. The normalized spacial score (nSPS) is 25.7. The molecule has 1 aliphatic rings. The summed E-state index contributed by atoms with van der Waals surface area (Å²) in [5, 5.41) is 12.3. The van der Waals surface area contributed by atoms with Gasteiger partial charge >= 0.3 is 0 Å². The van der Waals surface area contributed by atoms with Gasteiger partial charge in [0.1, 0.15) is 5.84 Å². The standard InChI is InChI=1S/C16H25N3O2/c1-12-8-9-19(11-15(12)21-2)10-14(16(17)18-20)13-6-4-3-5-7-13/h3-7,12,14-15,20H,8-11H2,1-2H3,(H2,17,18). The number of methoxy groups -OCH3 is 1. The van der Waals surface area contributed by atoms with Crippen molar-refractivity contribution in [3.63, 3.8) is 0 Å². The number of hydrogen-bond donors (Lipinski definition) is 2. The maximum atomic E-state index is 9.06. The lowest BCUT2D eigenvalue weighted by molar-refractivity contribution is -0.00519. The lowest BCUT2D eigenvalue weighted by atomic mass is 9.92. The van der Waals surface area contributed by atoms with Crippen LogP contribution in [0.2, 0.25) is 0 Å². The molecule has 0 saturated carbocycles. The van der Waals surface area contributed by atoms with Crippen LogP contribution in [0.3, 0.4) is 0 Å². The molecule has 5 heteroatoms. The number of hydrogen-bond acceptors (Lipinski definition) is 4. The zero-order chi connectivity index (χ0) is 15.2. The second kappa shape index (κ2) is 7.43. The number of nitrogens with two attached hydrogens (primary N) is 1. The Kier molecular flexibility index (Phi) is 5.59. The monoisotopic (exact) mass is 291 g/mol. The van der Waals surface area contributed by atoms with Gasteiger partial charge in [0, 0.05) is 20.2 Å². The van der Waals surface area contributed by atoms with Gasteiger partial charge in [-0.15, -0.1) is 0 Å². The van der Waals surface area contributed by atoms with Crippen molar-refractivity contribution in [3.05, 3.63) is 35.9 Å². The lowest BCUT2D eigenvalue weighted by Crippen LogP contribution is -2.46. The van der Waals surface area contributed by atoms with Crippen LogP contribution in [0.15, 0.2) is 35.5 Å². The van der Waals surface area contributed by atoms with Crippen molar-refractivity contribution in [2.24, 2.45) is 16.8 Å². The Morgan fingerprint density at radius 1 is 1.48 bits per heavy atom. The first-order valence-corrected chi connectivity index (χ1v) is 7.43. The molecule has 0 aromatic heterocycles. The predicted molar refractivity (Wildman–Crippen MR) is 83.6 cm³/mol. The molecule has 21 heavy (non-hydrogen) atoms. The summed E-state index contributed by atoms with van der Waals surface area (Å²) >= 11 is 0. The number of likely N-dealkylation sites (tertiary alicyclic amines) is 1. The summed E-state index contributed by atoms with van der Waals surface area (Å²) < 4.78 is 5.56. The minimum atomic E-state index is -0.0953. The Morgan fingerprint density at radius 2 is 2.19 bits per heavy atom. The maximum Gasteiger partial charge on any atom is 0.147 e. The SMILES string of the molecule is COC1CN(CC(/C(N)=N/O)c2ccccc2)CCC1C. The zero-order valence-electron chi connectivity index (χ0n) is 12.8. The lowest BCUT2D eigenvalue weighted by Gasteiger charge is -2.37. The number of benzene rings is 1. The van der Waals surface area contributed by atoms with E-state index in [1.807, 2.05) is 30.3 Å². The van der Waals surface area contributed by atoms with Crippen molar-refractivity contribution in [1.29, 1.82) is 0 Å². The molecule has 0 amide bonds. The highest BCUT2D eigenvalue weighted by Crippen LogP contribution is 2.23. The fourth-order valence-corrected chi connectivity index (χ4v) is 2.95. The number of amidine groups is 1. The summed E-state index contributed by atoms with van der Waals surface area (Å²) in [6.07, 6.45) is 1.36. The zero-order valence-corrected chi connectivity index (χ0v) is 12.8. The van der Waals surface area contributed by atoms with Crippen LogP contribution in [0, 0.1) is 5.92 Å². The van der Waals surface area contributed by atoms with Crippen LogP contribution in [0.5, 0.6) is 0 Å².